The smallest absolute Gasteiger partial charge is 0.0895 e. The van der Waals surface area contributed by atoms with Gasteiger partial charge in [0.05, 0.1) is 5.60 Å². The lowest BCUT2D eigenvalue weighted by molar-refractivity contribution is -0.0834. The quantitative estimate of drug-likeness (QED) is 0.536. The molecule has 3 nitrogen and oxygen atoms in total. The Balaban J connectivity index is 0.00000193. The summed E-state index contributed by atoms with van der Waals surface area (Å²) in [6, 6.07) is 21.5. The van der Waals surface area contributed by atoms with Crippen molar-refractivity contribution in [3.8, 4) is 0 Å². The van der Waals surface area contributed by atoms with Crippen molar-refractivity contribution >= 4 is 30.9 Å². The molecule has 182 valence electrons. The molecule has 0 amide bonds. The zero-order valence-corrected chi connectivity index (χ0v) is 21.7. The first-order chi connectivity index (χ1) is 15.0. The number of hydrogen-bond acceptors (Lipinski definition) is 3. The molecule has 0 aromatic heterocycles. The molecular weight excluding hydrogens is 451 g/mol. The molecule has 2 atom stereocenters. The van der Waals surface area contributed by atoms with Gasteiger partial charge in [0.1, 0.15) is 0 Å². The lowest BCUT2D eigenvalue weighted by Gasteiger charge is -2.53. The summed E-state index contributed by atoms with van der Waals surface area (Å²) in [4.78, 5) is 4.95. The van der Waals surface area contributed by atoms with Gasteiger partial charge in [0, 0.05) is 31.1 Å². The Morgan fingerprint density at radius 3 is 2.12 bits per heavy atom. The maximum absolute atomic E-state index is 11.8. The first-order valence-corrected chi connectivity index (χ1v) is 11.9. The summed E-state index contributed by atoms with van der Waals surface area (Å²) in [5, 5.41) is 11.8. The van der Waals surface area contributed by atoms with Crippen LogP contribution in [-0.4, -0.2) is 54.2 Å². The average molecular weight is 492 g/mol. The van der Waals surface area contributed by atoms with Crippen molar-refractivity contribution in [2.24, 2.45) is 5.92 Å². The number of rotatable bonds is 6. The van der Waals surface area contributed by atoms with Crippen molar-refractivity contribution in [1.29, 1.82) is 0 Å². The van der Waals surface area contributed by atoms with E-state index in [1.807, 2.05) is 6.07 Å². The third-order valence-corrected chi connectivity index (χ3v) is 7.48. The fourth-order valence-corrected chi connectivity index (χ4v) is 5.78. The highest BCUT2D eigenvalue weighted by Gasteiger charge is 2.47. The van der Waals surface area contributed by atoms with E-state index in [2.05, 4.69) is 90.6 Å². The SMILES string of the molecule is CN(C)CC1CN(C2(c3ccccc3)CCCCC2)CCC1(O)C=Cc1ccccc1.Cl.Cl. The van der Waals surface area contributed by atoms with Crippen LogP contribution in [0.15, 0.2) is 66.7 Å². The highest BCUT2D eigenvalue weighted by atomic mass is 35.5. The third-order valence-electron chi connectivity index (χ3n) is 7.48. The first kappa shape index (κ1) is 27.9. The van der Waals surface area contributed by atoms with Crippen molar-refractivity contribution in [3.63, 3.8) is 0 Å². The molecule has 33 heavy (non-hydrogen) atoms. The van der Waals surface area contributed by atoms with E-state index in [9.17, 15) is 5.11 Å². The summed E-state index contributed by atoms with van der Waals surface area (Å²) >= 11 is 0. The van der Waals surface area contributed by atoms with Gasteiger partial charge in [-0.1, -0.05) is 92.1 Å². The second-order valence-corrected chi connectivity index (χ2v) is 9.85. The molecule has 5 heteroatoms. The van der Waals surface area contributed by atoms with Gasteiger partial charge in [-0.15, -0.1) is 24.8 Å². The molecule has 1 saturated carbocycles. The molecule has 2 aliphatic rings. The van der Waals surface area contributed by atoms with Gasteiger partial charge in [-0.3, -0.25) is 4.90 Å². The molecule has 2 aromatic carbocycles. The zero-order valence-electron chi connectivity index (χ0n) is 20.0. The Morgan fingerprint density at radius 1 is 0.909 bits per heavy atom. The van der Waals surface area contributed by atoms with E-state index in [0.29, 0.717) is 0 Å². The van der Waals surface area contributed by atoms with Crippen LogP contribution in [0, 0.1) is 5.92 Å². The molecule has 1 aliphatic carbocycles. The summed E-state index contributed by atoms with van der Waals surface area (Å²) in [6.45, 7) is 2.76. The topological polar surface area (TPSA) is 26.7 Å². The standard InChI is InChI=1S/C28H38N2O.2ClH/c1-29(2)22-26-23-30(21-20-28(26,31)19-16-24-12-6-3-7-13-24)27(17-10-5-11-18-27)25-14-8-4-9-15-25;;/h3-4,6-9,12-16,19,26,31H,5,10-11,17-18,20-23H2,1-2H3;2*1H. The third kappa shape index (κ3) is 6.41. The van der Waals surface area contributed by atoms with Crippen LogP contribution < -0.4 is 0 Å². The predicted molar refractivity (Wildman–Crippen MR) is 144 cm³/mol. The van der Waals surface area contributed by atoms with Crippen LogP contribution in [0.3, 0.4) is 0 Å². The van der Waals surface area contributed by atoms with Gasteiger partial charge < -0.3 is 10.0 Å². The van der Waals surface area contributed by atoms with E-state index >= 15 is 0 Å². The summed E-state index contributed by atoms with van der Waals surface area (Å²) in [5.41, 5.74) is 1.95. The summed E-state index contributed by atoms with van der Waals surface area (Å²) in [6.07, 6.45) is 11.3. The maximum Gasteiger partial charge on any atom is 0.0895 e. The minimum atomic E-state index is -0.775. The highest BCUT2D eigenvalue weighted by molar-refractivity contribution is 5.85. The number of nitrogens with zero attached hydrogens (tertiary/aromatic N) is 2. The van der Waals surface area contributed by atoms with Crippen molar-refractivity contribution in [2.75, 3.05) is 33.7 Å². The molecule has 2 aromatic rings. The Bertz CT molecular complexity index is 853. The van der Waals surface area contributed by atoms with Gasteiger partial charge >= 0.3 is 0 Å². The van der Waals surface area contributed by atoms with Crippen LogP contribution in [-0.2, 0) is 5.54 Å². The van der Waals surface area contributed by atoms with Gasteiger partial charge in [0.25, 0.3) is 0 Å². The molecule has 0 bridgehead atoms. The Labute approximate surface area is 212 Å². The second kappa shape index (κ2) is 12.4. The normalized spacial score (nSPS) is 25.4. The van der Waals surface area contributed by atoms with Crippen LogP contribution in [0.4, 0.5) is 0 Å². The van der Waals surface area contributed by atoms with Gasteiger partial charge in [-0.05, 0) is 44.5 Å². The molecular formula is C28H40Cl2N2O. The minimum Gasteiger partial charge on any atom is -0.385 e. The van der Waals surface area contributed by atoms with Crippen molar-refractivity contribution in [2.45, 2.75) is 49.7 Å². The summed E-state index contributed by atoms with van der Waals surface area (Å²) in [7, 11) is 4.24. The molecule has 1 saturated heterocycles. The number of halogens is 2. The minimum absolute atomic E-state index is 0. The van der Waals surface area contributed by atoms with Crippen LogP contribution >= 0.6 is 24.8 Å². The van der Waals surface area contributed by atoms with Crippen molar-refractivity contribution in [3.05, 3.63) is 77.9 Å². The molecule has 2 unspecified atom stereocenters. The van der Waals surface area contributed by atoms with Crippen LogP contribution in [0.5, 0.6) is 0 Å². The van der Waals surface area contributed by atoms with E-state index in [4.69, 9.17) is 0 Å². The first-order valence-electron chi connectivity index (χ1n) is 11.9. The molecule has 1 N–H and O–H groups in total. The van der Waals surface area contributed by atoms with E-state index in [-0.39, 0.29) is 36.3 Å². The maximum atomic E-state index is 11.8. The van der Waals surface area contributed by atoms with Gasteiger partial charge in [-0.25, -0.2) is 0 Å². The van der Waals surface area contributed by atoms with Crippen molar-refractivity contribution < 1.29 is 5.11 Å². The largest absolute Gasteiger partial charge is 0.385 e. The number of aliphatic hydroxyl groups is 1. The van der Waals surface area contributed by atoms with Gasteiger partial charge in [0.15, 0.2) is 0 Å². The van der Waals surface area contributed by atoms with Crippen LogP contribution in [0.25, 0.3) is 6.08 Å². The van der Waals surface area contributed by atoms with E-state index in [1.54, 1.807) is 0 Å². The van der Waals surface area contributed by atoms with Gasteiger partial charge in [-0.2, -0.15) is 0 Å². The van der Waals surface area contributed by atoms with Gasteiger partial charge in [0.2, 0.25) is 0 Å². The fraction of sp³-hybridized carbons (Fsp3) is 0.500. The van der Waals surface area contributed by atoms with Crippen LogP contribution in [0.2, 0.25) is 0 Å². The molecule has 0 spiro atoms. The highest BCUT2D eigenvalue weighted by Crippen LogP contribution is 2.45. The lowest BCUT2D eigenvalue weighted by Crippen LogP contribution is -2.59. The molecule has 2 fully saturated rings. The van der Waals surface area contributed by atoms with Crippen LogP contribution in [0.1, 0.15) is 49.7 Å². The predicted octanol–water partition coefficient (Wildman–Crippen LogP) is 6.02. The Kier molecular flexibility index (Phi) is 10.5. The van der Waals surface area contributed by atoms with E-state index < -0.39 is 5.60 Å². The number of piperidine rings is 1. The summed E-state index contributed by atoms with van der Waals surface area (Å²) in [5.74, 6) is 0.179. The molecule has 1 heterocycles. The molecule has 0 radical (unpaired) electrons. The number of likely N-dealkylation sites (tertiary alicyclic amines) is 1. The second-order valence-electron chi connectivity index (χ2n) is 9.85. The fourth-order valence-electron chi connectivity index (χ4n) is 5.78. The Hall–Kier alpha value is -1.36. The monoisotopic (exact) mass is 490 g/mol. The zero-order chi connectivity index (χ0) is 21.7. The summed E-state index contributed by atoms with van der Waals surface area (Å²) < 4.78 is 0. The van der Waals surface area contributed by atoms with Crippen molar-refractivity contribution in [1.82, 2.24) is 9.80 Å². The molecule has 1 aliphatic heterocycles. The van der Waals surface area contributed by atoms with E-state index in [0.717, 1.165) is 31.6 Å². The lowest BCUT2D eigenvalue weighted by atomic mass is 9.71. The number of hydrogen-bond donors (Lipinski definition) is 1. The number of benzene rings is 2. The Morgan fingerprint density at radius 2 is 1.52 bits per heavy atom. The average Bonchev–Trinajstić information content (AvgIpc) is 2.81. The van der Waals surface area contributed by atoms with E-state index in [1.165, 1.54) is 37.7 Å². The molecule has 4 rings (SSSR count).